The van der Waals surface area contributed by atoms with Crippen LogP contribution >= 0.6 is 11.6 Å². The Kier molecular flexibility index (Phi) is 14.8. The lowest BCUT2D eigenvalue weighted by Gasteiger charge is -2.44. The predicted molar refractivity (Wildman–Crippen MR) is 219 cm³/mol. The largest absolute Gasteiger partial charge is 0.462 e. The Hall–Kier alpha value is -1.93. The molecule has 18 atom stereocenters. The highest BCUT2D eigenvalue weighted by Gasteiger charge is 2.57. The molecule has 6 aliphatic rings. The van der Waals surface area contributed by atoms with Crippen LogP contribution in [0.4, 0.5) is 0 Å². The Morgan fingerprint density at radius 1 is 0.862 bits per heavy atom. The lowest BCUT2D eigenvalue weighted by Crippen LogP contribution is -2.59. The average molecular weight is 830 g/mol. The highest BCUT2D eigenvalue weighted by molar-refractivity contribution is 6.30. The number of carbonyl (C=O) groups is 2. The molecule has 0 aromatic heterocycles. The first-order valence-electron chi connectivity index (χ1n) is 22.1. The van der Waals surface area contributed by atoms with Gasteiger partial charge in [0.2, 0.25) is 0 Å². The number of hydrogen-bond acceptors (Lipinski definition) is 11. The Morgan fingerprint density at radius 2 is 1.64 bits per heavy atom. The van der Waals surface area contributed by atoms with E-state index in [-0.39, 0.29) is 103 Å². The van der Waals surface area contributed by atoms with E-state index < -0.39 is 18.3 Å². The summed E-state index contributed by atoms with van der Waals surface area (Å²) in [7, 11) is 6.95. The fourth-order valence-electron chi connectivity index (χ4n) is 11.8. The molecule has 7 rings (SSSR count). The summed E-state index contributed by atoms with van der Waals surface area (Å²) in [6.45, 7) is 8.15. The van der Waals surface area contributed by atoms with Crippen molar-refractivity contribution in [2.45, 2.75) is 165 Å². The molecule has 3 aliphatic carbocycles. The summed E-state index contributed by atoms with van der Waals surface area (Å²) in [6, 6.07) is 8.42. The van der Waals surface area contributed by atoms with Gasteiger partial charge in [-0.1, -0.05) is 43.7 Å². The third-order valence-corrected chi connectivity index (χ3v) is 15.0. The number of fused-ring (bicyclic) bond motifs is 5. The number of hydrogen-bond donors (Lipinski definition) is 1. The number of carbonyl (C=O) groups excluding carboxylic acids is 2. The Bertz CT molecular complexity index is 1590. The van der Waals surface area contributed by atoms with Crippen molar-refractivity contribution < 1.29 is 47.5 Å². The molecule has 1 aromatic rings. The molecule has 11 nitrogen and oxygen atoms in total. The van der Waals surface area contributed by atoms with Crippen LogP contribution in [-0.4, -0.2) is 108 Å². The molecule has 5 unspecified atom stereocenters. The van der Waals surface area contributed by atoms with Crippen molar-refractivity contribution in [3.05, 3.63) is 46.5 Å². The minimum Gasteiger partial charge on any atom is -0.462 e. The molecule has 1 aromatic carbocycles. The number of ether oxygens (including phenoxy) is 8. The van der Waals surface area contributed by atoms with E-state index in [1.807, 2.05) is 33.0 Å². The number of rotatable bonds is 10. The summed E-state index contributed by atoms with van der Waals surface area (Å²) >= 11 is 6.68. The van der Waals surface area contributed by atoms with Crippen molar-refractivity contribution in [2.24, 2.45) is 35.5 Å². The second kappa shape index (κ2) is 19.4. The van der Waals surface area contributed by atoms with Crippen molar-refractivity contribution in [3.8, 4) is 0 Å². The van der Waals surface area contributed by atoms with Crippen LogP contribution in [0.25, 0.3) is 0 Å². The van der Waals surface area contributed by atoms with E-state index in [9.17, 15) is 4.79 Å². The number of esters is 1. The van der Waals surface area contributed by atoms with Crippen molar-refractivity contribution in [1.82, 2.24) is 5.32 Å². The second-order valence-electron chi connectivity index (χ2n) is 18.0. The number of likely N-dealkylation sites (N-methyl/N-ethyl adjacent to an activating group) is 1. The fourth-order valence-corrected chi connectivity index (χ4v) is 12.0. The maximum Gasteiger partial charge on any atom is 0.306 e. The van der Waals surface area contributed by atoms with Crippen LogP contribution in [0.5, 0.6) is 0 Å². The van der Waals surface area contributed by atoms with E-state index in [4.69, 9.17) is 49.5 Å². The zero-order chi connectivity index (χ0) is 41.2. The lowest BCUT2D eigenvalue weighted by atomic mass is 9.59. The minimum absolute atomic E-state index is 0.00246. The van der Waals surface area contributed by atoms with Crippen LogP contribution < -0.4 is 5.32 Å². The Balaban J connectivity index is 1.20. The normalized spacial score (nSPS) is 43.6. The van der Waals surface area contributed by atoms with Gasteiger partial charge < -0.3 is 43.2 Å². The fraction of sp³-hybridized carbons (Fsp3) is 0.783. The number of ketones is 1. The van der Waals surface area contributed by atoms with E-state index >= 15 is 4.79 Å². The topological polar surface area (TPSA) is 120 Å². The number of benzene rings is 1. The molecule has 0 spiro atoms. The van der Waals surface area contributed by atoms with Gasteiger partial charge in [-0.3, -0.25) is 9.59 Å². The van der Waals surface area contributed by atoms with Gasteiger partial charge in [-0.15, -0.1) is 0 Å². The molecule has 0 bridgehead atoms. The van der Waals surface area contributed by atoms with E-state index in [0.29, 0.717) is 17.4 Å². The van der Waals surface area contributed by atoms with Crippen molar-refractivity contribution in [3.63, 3.8) is 0 Å². The van der Waals surface area contributed by atoms with Crippen LogP contribution in [0.3, 0.4) is 0 Å². The molecule has 2 saturated carbocycles. The van der Waals surface area contributed by atoms with Crippen LogP contribution in [0, 0.1) is 35.5 Å². The first kappa shape index (κ1) is 44.1. The van der Waals surface area contributed by atoms with Gasteiger partial charge in [0.1, 0.15) is 24.4 Å². The number of nitrogens with one attached hydrogen (secondary N) is 1. The SMILES string of the molecule is CC[C@H]1CCC[C@H](O[C@H]2CC[C@H](NC)C(C)O2)[C@@H](C)C(=O)C2=C[C@@H]3C(C(c4cccc(Cl)c4)C[C@@H]4C[C@@H](O[C@@H]5OC(C)[C@H](OC)C(OC)[C@@H]5OC)C[C@H]43)[C@@H]2CC(=O)O1. The zero-order valence-corrected chi connectivity index (χ0v) is 36.6. The molecule has 12 heteroatoms. The van der Waals surface area contributed by atoms with Crippen molar-refractivity contribution in [2.75, 3.05) is 28.4 Å². The number of methoxy groups -OCH3 is 3. The molecule has 3 heterocycles. The van der Waals surface area contributed by atoms with Gasteiger partial charge in [0.25, 0.3) is 0 Å². The minimum atomic E-state index is -0.626. The quantitative estimate of drug-likeness (QED) is 0.238. The summed E-state index contributed by atoms with van der Waals surface area (Å²) < 4.78 is 50.2. The summed E-state index contributed by atoms with van der Waals surface area (Å²) in [5, 5.41) is 4.04. The maximum atomic E-state index is 15.1. The molecule has 3 aliphatic heterocycles. The van der Waals surface area contributed by atoms with Crippen LogP contribution in [0.1, 0.15) is 103 Å². The molecule has 5 fully saturated rings. The molecule has 0 radical (unpaired) electrons. The van der Waals surface area contributed by atoms with Crippen molar-refractivity contribution >= 4 is 23.4 Å². The molecular weight excluding hydrogens is 762 g/mol. The summed E-state index contributed by atoms with van der Waals surface area (Å²) in [5.41, 5.74) is 1.90. The highest BCUT2D eigenvalue weighted by Crippen LogP contribution is 2.61. The van der Waals surface area contributed by atoms with E-state index in [1.165, 1.54) is 0 Å². The molecule has 324 valence electrons. The molecular formula is C46H68ClNO10. The first-order valence-corrected chi connectivity index (χ1v) is 22.4. The van der Waals surface area contributed by atoms with E-state index in [0.717, 1.165) is 62.5 Å². The van der Waals surface area contributed by atoms with Crippen LogP contribution in [0.2, 0.25) is 5.02 Å². The summed E-state index contributed by atoms with van der Waals surface area (Å²) in [5.74, 6) is -0.141. The monoisotopic (exact) mass is 829 g/mol. The van der Waals surface area contributed by atoms with Crippen LogP contribution in [0.15, 0.2) is 35.9 Å². The number of allylic oxidation sites excluding steroid dienone is 2. The highest BCUT2D eigenvalue weighted by atomic mass is 35.5. The third-order valence-electron chi connectivity index (χ3n) is 14.8. The Morgan fingerprint density at radius 3 is 2.33 bits per heavy atom. The molecule has 0 amide bonds. The van der Waals surface area contributed by atoms with Gasteiger partial charge in [-0.05, 0) is 132 Å². The van der Waals surface area contributed by atoms with Gasteiger partial charge in [0.15, 0.2) is 18.4 Å². The lowest BCUT2D eigenvalue weighted by molar-refractivity contribution is -0.314. The predicted octanol–water partition coefficient (Wildman–Crippen LogP) is 7.42. The standard InChI is InChI=1S/C46H68ClNO10/c1-9-30-14-11-15-38(58-40-17-16-37(48-5)25(3)54-40)24(2)42(50)36-22-34-32-21-31(57-46-45(53-8)44(52-7)43(51-6)26(4)55-46)19-28(32)20-33(27-12-10-13-29(47)18-27)41(34)35(36)23-39(49)56-30/h10,12-13,18,22,24-26,28,30-35,37-38,40-41,43-46,48H,9,11,14-17,19-21,23H2,1-8H3/t24-,25?,26?,28+,30+,31-,32-,33?,34+,35-,37+,38+,40+,41?,43+,44?,45+,46+/m1/s1. The average Bonchev–Trinajstić information content (AvgIpc) is 3.79. The summed E-state index contributed by atoms with van der Waals surface area (Å²) in [6.07, 6.45) is 6.66. The molecule has 58 heavy (non-hydrogen) atoms. The van der Waals surface area contributed by atoms with Crippen LogP contribution in [-0.2, 0) is 47.5 Å². The molecule has 3 saturated heterocycles. The van der Waals surface area contributed by atoms with Gasteiger partial charge in [0.05, 0.1) is 30.8 Å². The Labute approximate surface area is 350 Å². The summed E-state index contributed by atoms with van der Waals surface area (Å²) in [4.78, 5) is 29.1. The van der Waals surface area contributed by atoms with E-state index in [1.54, 1.807) is 21.3 Å². The zero-order valence-electron chi connectivity index (χ0n) is 35.8. The van der Waals surface area contributed by atoms with Gasteiger partial charge in [-0.2, -0.15) is 0 Å². The molecule has 1 N–H and O–H groups in total. The van der Waals surface area contributed by atoms with Gasteiger partial charge in [-0.25, -0.2) is 0 Å². The maximum absolute atomic E-state index is 15.1. The number of Topliss-reactive ketones (excluding diaryl/α,β-unsaturated/α-hetero) is 1. The smallest absolute Gasteiger partial charge is 0.306 e. The van der Waals surface area contributed by atoms with Gasteiger partial charge in [0, 0.05) is 44.2 Å². The van der Waals surface area contributed by atoms with E-state index in [2.05, 4.69) is 37.4 Å². The first-order chi connectivity index (χ1) is 28.0. The number of halogens is 1. The van der Waals surface area contributed by atoms with Crippen molar-refractivity contribution in [1.29, 1.82) is 0 Å². The second-order valence-corrected chi connectivity index (χ2v) is 18.4. The van der Waals surface area contributed by atoms with Gasteiger partial charge >= 0.3 is 5.97 Å². The third kappa shape index (κ3) is 9.14. The number of cyclic esters (lactones) is 1.